The smallest absolute Gasteiger partial charge is 0.229 e. The maximum Gasteiger partial charge on any atom is 0.229 e. The Morgan fingerprint density at radius 1 is 0.923 bits per heavy atom. The molecule has 26 heavy (non-hydrogen) atoms. The van der Waals surface area contributed by atoms with E-state index in [0.717, 1.165) is 5.69 Å². The normalized spacial score (nSPS) is 10.3. The quantitative estimate of drug-likeness (QED) is 0.595. The Labute approximate surface area is 161 Å². The Hall–Kier alpha value is -2.70. The van der Waals surface area contributed by atoms with Crippen LogP contribution in [-0.4, -0.2) is 24.2 Å². The molecule has 0 unspecified atom stereocenters. The molecule has 8 heteroatoms. The third-order valence-electron chi connectivity index (χ3n) is 3.52. The summed E-state index contributed by atoms with van der Waals surface area (Å²) < 4.78 is 10.6. The lowest BCUT2D eigenvalue weighted by molar-refractivity contribution is 0.405. The van der Waals surface area contributed by atoms with Gasteiger partial charge in [0.25, 0.3) is 0 Å². The lowest BCUT2D eigenvalue weighted by atomic mass is 10.2. The summed E-state index contributed by atoms with van der Waals surface area (Å²) >= 11 is 12.2. The molecule has 0 amide bonds. The van der Waals surface area contributed by atoms with Gasteiger partial charge in [-0.05, 0) is 30.3 Å². The SMILES string of the molecule is COc1ccc(OC)c(Nc2ccnc(Nc3cccc(Cl)c3Cl)n2)c1. The number of methoxy groups -OCH3 is 2. The Morgan fingerprint density at radius 3 is 2.54 bits per heavy atom. The van der Waals surface area contributed by atoms with E-state index >= 15 is 0 Å². The van der Waals surface area contributed by atoms with E-state index in [-0.39, 0.29) is 0 Å². The van der Waals surface area contributed by atoms with Gasteiger partial charge in [0, 0.05) is 12.3 Å². The largest absolute Gasteiger partial charge is 0.497 e. The summed E-state index contributed by atoms with van der Waals surface area (Å²) in [5.41, 5.74) is 1.34. The highest BCUT2D eigenvalue weighted by atomic mass is 35.5. The Balaban J connectivity index is 1.85. The van der Waals surface area contributed by atoms with Gasteiger partial charge in [-0.15, -0.1) is 0 Å². The number of anilines is 4. The monoisotopic (exact) mass is 390 g/mol. The van der Waals surface area contributed by atoms with Crippen molar-refractivity contribution >= 4 is 46.3 Å². The van der Waals surface area contributed by atoms with Gasteiger partial charge in [0.1, 0.15) is 17.3 Å². The third kappa shape index (κ3) is 4.09. The van der Waals surface area contributed by atoms with E-state index in [4.69, 9.17) is 32.7 Å². The molecule has 2 aromatic carbocycles. The molecule has 0 radical (unpaired) electrons. The van der Waals surface area contributed by atoms with Crippen molar-refractivity contribution in [2.24, 2.45) is 0 Å². The Bertz CT molecular complexity index is 921. The zero-order valence-corrected chi connectivity index (χ0v) is 15.6. The molecule has 1 heterocycles. The highest BCUT2D eigenvalue weighted by Gasteiger charge is 2.09. The molecule has 3 rings (SSSR count). The van der Waals surface area contributed by atoms with Crippen LogP contribution in [0.1, 0.15) is 0 Å². The first kappa shape index (κ1) is 18.1. The predicted octanol–water partition coefficient (Wildman–Crippen LogP) is 5.29. The fraction of sp³-hybridized carbons (Fsp3) is 0.111. The van der Waals surface area contributed by atoms with E-state index in [9.17, 15) is 0 Å². The fourth-order valence-electron chi connectivity index (χ4n) is 2.26. The second-order valence-electron chi connectivity index (χ2n) is 5.18. The summed E-state index contributed by atoms with van der Waals surface area (Å²) in [5, 5.41) is 7.11. The molecule has 0 aliphatic carbocycles. The first-order chi connectivity index (χ1) is 12.6. The van der Waals surface area contributed by atoms with Crippen molar-refractivity contribution in [2.75, 3.05) is 24.9 Å². The van der Waals surface area contributed by atoms with Crippen molar-refractivity contribution in [1.82, 2.24) is 9.97 Å². The first-order valence-corrected chi connectivity index (χ1v) is 8.39. The molecule has 134 valence electrons. The highest BCUT2D eigenvalue weighted by Crippen LogP contribution is 2.33. The molecule has 0 atom stereocenters. The van der Waals surface area contributed by atoms with E-state index in [1.807, 2.05) is 18.2 Å². The molecule has 0 fully saturated rings. The third-order valence-corrected chi connectivity index (χ3v) is 4.34. The van der Waals surface area contributed by atoms with Crippen LogP contribution < -0.4 is 20.1 Å². The average molecular weight is 391 g/mol. The van der Waals surface area contributed by atoms with Gasteiger partial charge in [-0.1, -0.05) is 29.3 Å². The van der Waals surface area contributed by atoms with Gasteiger partial charge in [0.2, 0.25) is 5.95 Å². The summed E-state index contributed by atoms with van der Waals surface area (Å²) in [6.45, 7) is 0. The Morgan fingerprint density at radius 2 is 1.77 bits per heavy atom. The molecule has 1 aromatic heterocycles. The molecule has 0 aliphatic rings. The summed E-state index contributed by atoms with van der Waals surface area (Å²) in [6.07, 6.45) is 1.63. The minimum atomic E-state index is 0.376. The van der Waals surface area contributed by atoms with Crippen LogP contribution >= 0.6 is 23.2 Å². The van der Waals surface area contributed by atoms with Gasteiger partial charge < -0.3 is 20.1 Å². The molecular formula is C18H16Cl2N4O2. The average Bonchev–Trinajstić information content (AvgIpc) is 2.66. The van der Waals surface area contributed by atoms with Crippen LogP contribution in [0.5, 0.6) is 11.5 Å². The number of halogens is 2. The lowest BCUT2D eigenvalue weighted by Crippen LogP contribution is -2.02. The fourth-order valence-corrected chi connectivity index (χ4v) is 2.61. The number of nitrogens with zero attached hydrogens (tertiary/aromatic N) is 2. The van der Waals surface area contributed by atoms with Gasteiger partial charge in [-0.2, -0.15) is 4.98 Å². The number of ether oxygens (including phenoxy) is 2. The number of hydrogen-bond donors (Lipinski definition) is 2. The van der Waals surface area contributed by atoms with E-state index in [1.54, 1.807) is 44.7 Å². The predicted molar refractivity (Wildman–Crippen MR) is 105 cm³/mol. The second kappa shape index (κ2) is 8.12. The minimum absolute atomic E-state index is 0.376. The number of nitrogens with one attached hydrogen (secondary N) is 2. The van der Waals surface area contributed by atoms with Crippen LogP contribution in [0.15, 0.2) is 48.7 Å². The van der Waals surface area contributed by atoms with E-state index in [1.165, 1.54) is 0 Å². The number of rotatable bonds is 6. The zero-order valence-electron chi connectivity index (χ0n) is 14.1. The van der Waals surface area contributed by atoms with Crippen molar-refractivity contribution in [3.63, 3.8) is 0 Å². The van der Waals surface area contributed by atoms with Gasteiger partial charge in [-0.3, -0.25) is 0 Å². The van der Waals surface area contributed by atoms with E-state index in [0.29, 0.717) is 39.0 Å². The van der Waals surface area contributed by atoms with Gasteiger partial charge in [0.05, 0.1) is 35.6 Å². The van der Waals surface area contributed by atoms with Crippen molar-refractivity contribution in [3.8, 4) is 11.5 Å². The molecule has 0 spiro atoms. The number of benzene rings is 2. The van der Waals surface area contributed by atoms with Crippen LogP contribution in [0.3, 0.4) is 0 Å². The molecular weight excluding hydrogens is 375 g/mol. The summed E-state index contributed by atoms with van der Waals surface area (Å²) in [5.74, 6) is 2.32. The summed E-state index contributed by atoms with van der Waals surface area (Å²) in [6, 6.07) is 12.5. The molecule has 3 aromatic rings. The standard InChI is InChI=1S/C18H16Cl2N4O2/c1-25-11-6-7-15(26-2)14(10-11)22-16-8-9-21-18(24-16)23-13-5-3-4-12(19)17(13)20/h3-10H,1-2H3,(H2,21,22,23,24). The Kier molecular flexibility index (Phi) is 5.65. The van der Waals surface area contributed by atoms with Crippen molar-refractivity contribution in [1.29, 1.82) is 0 Å². The van der Waals surface area contributed by atoms with Gasteiger partial charge in [0.15, 0.2) is 0 Å². The second-order valence-corrected chi connectivity index (χ2v) is 5.97. The number of hydrogen-bond acceptors (Lipinski definition) is 6. The highest BCUT2D eigenvalue weighted by molar-refractivity contribution is 6.43. The molecule has 0 bridgehead atoms. The van der Waals surface area contributed by atoms with Crippen molar-refractivity contribution in [2.45, 2.75) is 0 Å². The lowest BCUT2D eigenvalue weighted by Gasteiger charge is -2.13. The van der Waals surface area contributed by atoms with Crippen LogP contribution in [-0.2, 0) is 0 Å². The molecule has 0 saturated heterocycles. The van der Waals surface area contributed by atoms with Gasteiger partial charge in [-0.25, -0.2) is 4.98 Å². The molecule has 2 N–H and O–H groups in total. The summed E-state index contributed by atoms with van der Waals surface area (Å²) in [7, 11) is 3.20. The minimum Gasteiger partial charge on any atom is -0.497 e. The topological polar surface area (TPSA) is 68.3 Å². The van der Waals surface area contributed by atoms with Crippen LogP contribution in [0, 0.1) is 0 Å². The van der Waals surface area contributed by atoms with Crippen molar-refractivity contribution < 1.29 is 9.47 Å². The van der Waals surface area contributed by atoms with Crippen LogP contribution in [0.4, 0.5) is 23.1 Å². The summed E-state index contributed by atoms with van der Waals surface area (Å²) in [4.78, 5) is 8.64. The molecule has 6 nitrogen and oxygen atoms in total. The van der Waals surface area contributed by atoms with Crippen LogP contribution in [0.25, 0.3) is 0 Å². The zero-order chi connectivity index (χ0) is 18.5. The maximum atomic E-state index is 6.19. The number of aromatic nitrogens is 2. The van der Waals surface area contributed by atoms with Gasteiger partial charge >= 0.3 is 0 Å². The maximum absolute atomic E-state index is 6.19. The molecule has 0 aliphatic heterocycles. The molecule has 0 saturated carbocycles. The van der Waals surface area contributed by atoms with E-state index in [2.05, 4.69) is 20.6 Å². The van der Waals surface area contributed by atoms with E-state index < -0.39 is 0 Å². The first-order valence-electron chi connectivity index (χ1n) is 7.64. The van der Waals surface area contributed by atoms with Crippen molar-refractivity contribution in [3.05, 3.63) is 58.7 Å². The van der Waals surface area contributed by atoms with Crippen LogP contribution in [0.2, 0.25) is 10.0 Å².